The summed E-state index contributed by atoms with van der Waals surface area (Å²) in [6.45, 7) is 2.02. The van der Waals surface area contributed by atoms with Crippen LogP contribution < -0.4 is 0 Å². The summed E-state index contributed by atoms with van der Waals surface area (Å²) >= 11 is 0. The molecule has 124 valence electrons. The molecular weight excluding hydrogens is 315 g/mol. The average Bonchev–Trinajstić information content (AvgIpc) is 2.95. The van der Waals surface area contributed by atoms with Crippen molar-refractivity contribution in [2.45, 2.75) is 13.3 Å². The molecule has 0 bridgehead atoms. The lowest BCUT2D eigenvalue weighted by Gasteiger charge is -2.21. The number of phenols is 1. The van der Waals surface area contributed by atoms with Crippen molar-refractivity contribution >= 4 is 16.9 Å². The van der Waals surface area contributed by atoms with Crippen molar-refractivity contribution in [2.24, 2.45) is 5.92 Å². The van der Waals surface area contributed by atoms with E-state index in [1.165, 1.54) is 6.07 Å². The van der Waals surface area contributed by atoms with E-state index in [0.29, 0.717) is 12.0 Å². The van der Waals surface area contributed by atoms with Crippen molar-refractivity contribution < 1.29 is 14.3 Å². The minimum Gasteiger partial charge on any atom is -0.508 e. The molecular formula is C22H17FO2. The number of allylic oxidation sites excluding steroid dienone is 6. The van der Waals surface area contributed by atoms with Gasteiger partial charge in [0.25, 0.3) is 0 Å². The molecule has 1 atom stereocenters. The molecule has 0 heterocycles. The van der Waals surface area contributed by atoms with Crippen LogP contribution in [-0.4, -0.2) is 10.9 Å². The number of hydrogen-bond acceptors (Lipinski definition) is 2. The standard InChI is InChI=1S/C22H17FO2/c1-13-9-16(25)10-19-18(13)12-20(17-8-7-15(24)11-21(17)23)22(19)14-5-3-2-4-6-14/h2-8,10-13,24H,9H2,1H3. The van der Waals surface area contributed by atoms with Crippen molar-refractivity contribution in [1.82, 2.24) is 0 Å². The maximum Gasteiger partial charge on any atom is 0.156 e. The van der Waals surface area contributed by atoms with Crippen LogP contribution in [0.3, 0.4) is 0 Å². The summed E-state index contributed by atoms with van der Waals surface area (Å²) in [5, 5.41) is 9.52. The van der Waals surface area contributed by atoms with Gasteiger partial charge in [0.2, 0.25) is 0 Å². The maximum atomic E-state index is 14.5. The van der Waals surface area contributed by atoms with Crippen LogP contribution in [0.4, 0.5) is 4.39 Å². The smallest absolute Gasteiger partial charge is 0.156 e. The average molecular weight is 332 g/mol. The van der Waals surface area contributed by atoms with Crippen molar-refractivity contribution in [1.29, 1.82) is 0 Å². The summed E-state index contributed by atoms with van der Waals surface area (Å²) in [4.78, 5) is 12.1. The number of hydrogen-bond donors (Lipinski definition) is 1. The molecule has 0 saturated carbocycles. The van der Waals surface area contributed by atoms with Gasteiger partial charge in [-0.05, 0) is 58.1 Å². The lowest BCUT2D eigenvalue weighted by atomic mass is 9.82. The Kier molecular flexibility index (Phi) is 3.65. The van der Waals surface area contributed by atoms with E-state index in [-0.39, 0.29) is 17.5 Å². The molecule has 0 saturated heterocycles. The molecule has 0 radical (unpaired) electrons. The normalized spacial score (nSPS) is 19.6. The molecule has 4 rings (SSSR count). The van der Waals surface area contributed by atoms with Gasteiger partial charge < -0.3 is 5.11 Å². The fourth-order valence-electron chi connectivity index (χ4n) is 3.64. The first kappa shape index (κ1) is 15.6. The van der Waals surface area contributed by atoms with Gasteiger partial charge in [0, 0.05) is 18.1 Å². The quantitative estimate of drug-likeness (QED) is 0.848. The number of aromatic hydroxyl groups is 1. The summed E-state index contributed by atoms with van der Waals surface area (Å²) in [5.41, 5.74) is 4.97. The van der Waals surface area contributed by atoms with Crippen LogP contribution in [0.2, 0.25) is 0 Å². The Hall–Kier alpha value is -2.94. The molecule has 0 amide bonds. The zero-order valence-electron chi connectivity index (χ0n) is 13.8. The molecule has 25 heavy (non-hydrogen) atoms. The third kappa shape index (κ3) is 2.62. The van der Waals surface area contributed by atoms with E-state index in [0.717, 1.165) is 33.9 Å². The Morgan fingerprint density at radius 2 is 1.84 bits per heavy atom. The molecule has 3 heteroatoms. The number of carbonyl (C=O) groups is 1. The number of ketones is 1. The molecule has 0 fully saturated rings. The number of halogens is 1. The molecule has 0 aliphatic heterocycles. The summed E-state index contributed by atoms with van der Waals surface area (Å²) in [6, 6.07) is 13.9. The Morgan fingerprint density at radius 1 is 1.08 bits per heavy atom. The van der Waals surface area contributed by atoms with Gasteiger partial charge in [-0.15, -0.1) is 0 Å². The van der Waals surface area contributed by atoms with E-state index in [1.54, 1.807) is 12.1 Å². The second-order valence-electron chi connectivity index (χ2n) is 6.55. The largest absolute Gasteiger partial charge is 0.508 e. The van der Waals surface area contributed by atoms with Gasteiger partial charge in [0.15, 0.2) is 5.78 Å². The summed E-state index contributed by atoms with van der Waals surface area (Å²) in [5.74, 6) is -0.378. The highest BCUT2D eigenvalue weighted by molar-refractivity contribution is 6.12. The van der Waals surface area contributed by atoms with Gasteiger partial charge in [-0.25, -0.2) is 4.39 Å². The van der Waals surface area contributed by atoms with Crippen LogP contribution in [0.5, 0.6) is 5.75 Å². The first-order valence-corrected chi connectivity index (χ1v) is 8.30. The zero-order valence-corrected chi connectivity index (χ0v) is 13.8. The lowest BCUT2D eigenvalue weighted by Crippen LogP contribution is -2.13. The molecule has 0 spiro atoms. The van der Waals surface area contributed by atoms with Crippen LogP contribution in [0, 0.1) is 11.7 Å². The van der Waals surface area contributed by atoms with Crippen LogP contribution in [0.1, 0.15) is 24.5 Å². The highest BCUT2D eigenvalue weighted by Gasteiger charge is 2.32. The van der Waals surface area contributed by atoms with Gasteiger partial charge in [-0.2, -0.15) is 0 Å². The molecule has 1 unspecified atom stereocenters. The van der Waals surface area contributed by atoms with Crippen LogP contribution in [0.25, 0.3) is 11.1 Å². The van der Waals surface area contributed by atoms with E-state index in [4.69, 9.17) is 0 Å². The third-order valence-corrected chi connectivity index (χ3v) is 4.80. The van der Waals surface area contributed by atoms with Gasteiger partial charge in [-0.1, -0.05) is 37.3 Å². The van der Waals surface area contributed by atoms with E-state index < -0.39 is 5.82 Å². The van der Waals surface area contributed by atoms with Crippen molar-refractivity contribution in [2.75, 3.05) is 0 Å². The third-order valence-electron chi connectivity index (χ3n) is 4.80. The molecule has 2 aliphatic rings. The fourth-order valence-corrected chi connectivity index (χ4v) is 3.64. The maximum absolute atomic E-state index is 14.5. The Bertz CT molecular complexity index is 965. The number of benzene rings is 2. The van der Waals surface area contributed by atoms with Gasteiger partial charge >= 0.3 is 0 Å². The van der Waals surface area contributed by atoms with E-state index in [1.807, 2.05) is 43.3 Å². The summed E-state index contributed by atoms with van der Waals surface area (Å²) in [7, 11) is 0. The van der Waals surface area contributed by atoms with Gasteiger partial charge in [0.1, 0.15) is 11.6 Å². The highest BCUT2D eigenvalue weighted by atomic mass is 19.1. The van der Waals surface area contributed by atoms with E-state index in [9.17, 15) is 14.3 Å². The molecule has 0 aromatic heterocycles. The molecule has 2 aliphatic carbocycles. The highest BCUT2D eigenvalue weighted by Crippen LogP contribution is 2.48. The predicted octanol–water partition coefficient (Wildman–Crippen LogP) is 4.92. The van der Waals surface area contributed by atoms with Gasteiger partial charge in [0.05, 0.1) is 0 Å². The predicted molar refractivity (Wildman–Crippen MR) is 96.3 cm³/mol. The number of carbonyl (C=O) groups excluding carboxylic acids is 1. The summed E-state index contributed by atoms with van der Waals surface area (Å²) < 4.78 is 14.5. The van der Waals surface area contributed by atoms with Gasteiger partial charge in [-0.3, -0.25) is 4.79 Å². The minimum absolute atomic E-state index is 0.0977. The molecule has 2 aromatic carbocycles. The number of fused-ring (bicyclic) bond motifs is 1. The lowest BCUT2D eigenvalue weighted by molar-refractivity contribution is -0.115. The second kappa shape index (κ2) is 5.85. The van der Waals surface area contributed by atoms with Crippen molar-refractivity contribution in [3.63, 3.8) is 0 Å². The van der Waals surface area contributed by atoms with Crippen LogP contribution in [0.15, 0.2) is 71.8 Å². The number of phenolic OH excluding ortho intramolecular Hbond substituents is 1. The van der Waals surface area contributed by atoms with E-state index in [2.05, 4.69) is 0 Å². The summed E-state index contributed by atoms with van der Waals surface area (Å²) in [6.07, 6.45) is 4.14. The van der Waals surface area contributed by atoms with E-state index >= 15 is 0 Å². The first-order chi connectivity index (χ1) is 12.0. The SMILES string of the molecule is CC1CC(=O)C=C2C1=CC(c1ccc(O)cc1F)=C2c1ccccc1. The molecule has 2 aromatic rings. The zero-order chi connectivity index (χ0) is 17.6. The Labute approximate surface area is 145 Å². The second-order valence-corrected chi connectivity index (χ2v) is 6.55. The Balaban J connectivity index is 2.00. The Morgan fingerprint density at radius 3 is 2.56 bits per heavy atom. The fraction of sp³-hybridized carbons (Fsp3) is 0.136. The van der Waals surface area contributed by atoms with Crippen molar-refractivity contribution in [3.8, 4) is 5.75 Å². The minimum atomic E-state index is -0.474. The molecule has 1 N–H and O–H groups in total. The van der Waals surface area contributed by atoms with Crippen LogP contribution in [-0.2, 0) is 4.79 Å². The van der Waals surface area contributed by atoms with Crippen LogP contribution >= 0.6 is 0 Å². The topological polar surface area (TPSA) is 37.3 Å². The monoisotopic (exact) mass is 332 g/mol. The number of rotatable bonds is 2. The first-order valence-electron chi connectivity index (χ1n) is 8.30. The molecule has 2 nitrogen and oxygen atoms in total. The van der Waals surface area contributed by atoms with Crippen molar-refractivity contribution in [3.05, 3.63) is 88.8 Å².